The zero-order chi connectivity index (χ0) is 14.8. The third-order valence-corrected chi connectivity index (χ3v) is 3.62. The van der Waals surface area contributed by atoms with Crippen LogP contribution in [0.4, 0.5) is 0 Å². The van der Waals surface area contributed by atoms with E-state index in [2.05, 4.69) is 60.6 Å². The smallest absolute Gasteiger partial charge is 0.122 e. The van der Waals surface area contributed by atoms with Gasteiger partial charge < -0.3 is 5.11 Å². The molecule has 1 N–H and O–H groups in total. The summed E-state index contributed by atoms with van der Waals surface area (Å²) in [5.41, 5.74) is 3.50. The Morgan fingerprint density at radius 1 is 0.947 bits per heavy atom. The van der Waals surface area contributed by atoms with E-state index in [1.807, 2.05) is 0 Å². The second kappa shape index (κ2) is 5.56. The van der Waals surface area contributed by atoms with Crippen molar-refractivity contribution in [3.05, 3.63) is 28.8 Å². The van der Waals surface area contributed by atoms with Gasteiger partial charge >= 0.3 is 0 Å². The van der Waals surface area contributed by atoms with Gasteiger partial charge in [0, 0.05) is 5.56 Å². The van der Waals surface area contributed by atoms with E-state index in [1.54, 1.807) is 0 Å². The predicted molar refractivity (Wildman–Crippen MR) is 84.1 cm³/mol. The molecule has 0 radical (unpaired) electrons. The van der Waals surface area contributed by atoms with Crippen molar-refractivity contribution >= 4 is 0 Å². The Bertz CT molecular complexity index is 430. The van der Waals surface area contributed by atoms with Crippen molar-refractivity contribution in [2.75, 3.05) is 0 Å². The van der Waals surface area contributed by atoms with Crippen molar-refractivity contribution < 1.29 is 5.11 Å². The molecule has 0 saturated heterocycles. The highest BCUT2D eigenvalue weighted by Gasteiger charge is 2.29. The van der Waals surface area contributed by atoms with Crippen LogP contribution in [0.1, 0.15) is 78.0 Å². The Hall–Kier alpha value is -0.980. The molecule has 0 bridgehead atoms. The fourth-order valence-corrected chi connectivity index (χ4v) is 2.59. The molecule has 0 unspecified atom stereocenters. The summed E-state index contributed by atoms with van der Waals surface area (Å²) in [4.78, 5) is 0. The number of hydrogen-bond acceptors (Lipinski definition) is 1. The van der Waals surface area contributed by atoms with E-state index in [1.165, 1.54) is 5.56 Å². The lowest BCUT2D eigenvalue weighted by Crippen LogP contribution is -2.22. The van der Waals surface area contributed by atoms with Crippen LogP contribution in [0, 0.1) is 0 Å². The average Bonchev–Trinajstić information content (AvgIpc) is 2.24. The van der Waals surface area contributed by atoms with E-state index in [0.717, 1.165) is 30.4 Å². The molecule has 0 heterocycles. The van der Waals surface area contributed by atoms with E-state index in [4.69, 9.17) is 0 Å². The van der Waals surface area contributed by atoms with Crippen molar-refractivity contribution in [2.45, 2.75) is 78.6 Å². The summed E-state index contributed by atoms with van der Waals surface area (Å²) >= 11 is 0. The van der Waals surface area contributed by atoms with Crippen LogP contribution in [0.25, 0.3) is 0 Å². The standard InChI is InChI=1S/C18H30O/c1-8-9-10-13-11-12-14(17(2,3)4)15(16(13)19)18(5,6)7/h11-12,19H,8-10H2,1-7H3. The van der Waals surface area contributed by atoms with Crippen LogP contribution in [-0.2, 0) is 17.3 Å². The number of rotatable bonds is 3. The van der Waals surface area contributed by atoms with Gasteiger partial charge in [-0.15, -0.1) is 0 Å². The SMILES string of the molecule is CCCCc1ccc(C(C)(C)C)c(C(C)(C)C)c1O. The third kappa shape index (κ3) is 3.75. The van der Waals surface area contributed by atoms with E-state index >= 15 is 0 Å². The van der Waals surface area contributed by atoms with Gasteiger partial charge in [0.1, 0.15) is 5.75 Å². The molecule has 108 valence electrons. The summed E-state index contributed by atoms with van der Waals surface area (Å²) in [6.07, 6.45) is 3.26. The molecule has 1 aromatic rings. The molecule has 0 amide bonds. The van der Waals surface area contributed by atoms with Gasteiger partial charge in [0.15, 0.2) is 0 Å². The normalized spacial score (nSPS) is 12.8. The maximum Gasteiger partial charge on any atom is 0.122 e. The number of phenolic OH excluding ortho intramolecular Hbond substituents is 1. The van der Waals surface area contributed by atoms with Crippen LogP contribution < -0.4 is 0 Å². The Morgan fingerprint density at radius 2 is 1.53 bits per heavy atom. The zero-order valence-electron chi connectivity index (χ0n) is 13.7. The average molecular weight is 262 g/mol. The van der Waals surface area contributed by atoms with Crippen LogP contribution in [0.15, 0.2) is 12.1 Å². The number of aryl methyl sites for hydroxylation is 1. The molecule has 0 aliphatic carbocycles. The zero-order valence-corrected chi connectivity index (χ0v) is 13.7. The summed E-state index contributed by atoms with van der Waals surface area (Å²) in [7, 11) is 0. The second-order valence-electron chi connectivity index (χ2n) is 7.60. The largest absolute Gasteiger partial charge is 0.507 e. The minimum absolute atomic E-state index is 0.0328. The molecule has 1 heteroatoms. The molecule has 19 heavy (non-hydrogen) atoms. The number of aromatic hydroxyl groups is 1. The quantitative estimate of drug-likeness (QED) is 0.780. The fourth-order valence-electron chi connectivity index (χ4n) is 2.59. The molecule has 1 rings (SSSR count). The number of hydrogen-bond donors (Lipinski definition) is 1. The molecule has 0 aliphatic heterocycles. The topological polar surface area (TPSA) is 20.2 Å². The van der Waals surface area contributed by atoms with Crippen LogP contribution in [0.3, 0.4) is 0 Å². The summed E-state index contributed by atoms with van der Waals surface area (Å²) in [5, 5.41) is 10.7. The van der Waals surface area contributed by atoms with Gasteiger partial charge in [-0.3, -0.25) is 0 Å². The molecule has 1 aromatic carbocycles. The van der Waals surface area contributed by atoms with Gasteiger partial charge in [0.25, 0.3) is 0 Å². The Morgan fingerprint density at radius 3 is 1.95 bits per heavy atom. The summed E-state index contributed by atoms with van der Waals surface area (Å²) < 4.78 is 0. The van der Waals surface area contributed by atoms with Crippen LogP contribution >= 0.6 is 0 Å². The first kappa shape index (κ1) is 16.1. The minimum Gasteiger partial charge on any atom is -0.507 e. The van der Waals surface area contributed by atoms with Crippen LogP contribution in [-0.4, -0.2) is 5.11 Å². The van der Waals surface area contributed by atoms with E-state index in [9.17, 15) is 5.11 Å². The van der Waals surface area contributed by atoms with Gasteiger partial charge in [-0.2, -0.15) is 0 Å². The highest BCUT2D eigenvalue weighted by Crippen LogP contribution is 2.41. The highest BCUT2D eigenvalue weighted by molar-refractivity contribution is 5.51. The van der Waals surface area contributed by atoms with Gasteiger partial charge in [-0.1, -0.05) is 67.0 Å². The van der Waals surface area contributed by atoms with Gasteiger partial charge in [0.05, 0.1) is 0 Å². The molecule has 0 aromatic heterocycles. The predicted octanol–water partition coefficient (Wildman–Crippen LogP) is 5.33. The van der Waals surface area contributed by atoms with Gasteiger partial charge in [0.2, 0.25) is 0 Å². The third-order valence-electron chi connectivity index (χ3n) is 3.62. The monoisotopic (exact) mass is 262 g/mol. The van der Waals surface area contributed by atoms with Crippen LogP contribution in [0.5, 0.6) is 5.75 Å². The summed E-state index contributed by atoms with van der Waals surface area (Å²) in [6.45, 7) is 15.4. The maximum absolute atomic E-state index is 10.7. The van der Waals surface area contributed by atoms with Gasteiger partial charge in [-0.05, 0) is 34.8 Å². The Kier molecular flexibility index (Phi) is 4.71. The number of unbranched alkanes of at least 4 members (excludes halogenated alkanes) is 1. The molecular formula is C18H30O. The lowest BCUT2D eigenvalue weighted by Gasteiger charge is -2.31. The maximum atomic E-state index is 10.7. The number of benzene rings is 1. The highest BCUT2D eigenvalue weighted by atomic mass is 16.3. The molecule has 0 fully saturated rings. The molecule has 0 aliphatic rings. The number of phenols is 1. The lowest BCUT2D eigenvalue weighted by atomic mass is 9.74. The first-order chi connectivity index (χ1) is 8.59. The van der Waals surface area contributed by atoms with Crippen molar-refractivity contribution in [2.24, 2.45) is 0 Å². The first-order valence-electron chi connectivity index (χ1n) is 7.44. The molecular weight excluding hydrogens is 232 g/mol. The van der Waals surface area contributed by atoms with Gasteiger partial charge in [-0.25, -0.2) is 0 Å². The van der Waals surface area contributed by atoms with Crippen LogP contribution in [0.2, 0.25) is 0 Å². The Labute approximate surface area is 119 Å². The molecule has 1 nitrogen and oxygen atoms in total. The van der Waals surface area contributed by atoms with E-state index < -0.39 is 0 Å². The summed E-state index contributed by atoms with van der Waals surface area (Å²) in [6, 6.07) is 4.33. The van der Waals surface area contributed by atoms with Crippen molar-refractivity contribution in [1.29, 1.82) is 0 Å². The van der Waals surface area contributed by atoms with E-state index in [0.29, 0.717) is 5.75 Å². The van der Waals surface area contributed by atoms with Crippen molar-refractivity contribution in [3.8, 4) is 5.75 Å². The molecule has 0 atom stereocenters. The minimum atomic E-state index is -0.0328. The fraction of sp³-hybridized carbons (Fsp3) is 0.667. The molecule has 0 saturated carbocycles. The lowest BCUT2D eigenvalue weighted by molar-refractivity contribution is 0.428. The second-order valence-corrected chi connectivity index (χ2v) is 7.60. The molecule has 0 spiro atoms. The van der Waals surface area contributed by atoms with E-state index in [-0.39, 0.29) is 10.8 Å². The summed E-state index contributed by atoms with van der Waals surface area (Å²) in [5.74, 6) is 0.522. The van der Waals surface area contributed by atoms with Crippen molar-refractivity contribution in [1.82, 2.24) is 0 Å². The Balaban J connectivity index is 3.42. The van der Waals surface area contributed by atoms with Crippen molar-refractivity contribution in [3.63, 3.8) is 0 Å². The first-order valence-corrected chi connectivity index (χ1v) is 7.44.